The van der Waals surface area contributed by atoms with E-state index in [0.717, 1.165) is 0 Å². The molecule has 0 aliphatic heterocycles. The maximum atomic E-state index is 11.1. The van der Waals surface area contributed by atoms with Gasteiger partial charge in [-0.1, -0.05) is 6.92 Å². The number of hydrogen-bond acceptors (Lipinski definition) is 6. The maximum absolute atomic E-state index is 11.1. The molecule has 0 heterocycles. The number of rotatable bonds is 1. The fourth-order valence-electron chi connectivity index (χ4n) is 2.07. The highest BCUT2D eigenvalue weighted by Gasteiger charge is 2.66. The van der Waals surface area contributed by atoms with E-state index in [1.54, 1.807) is 18.2 Å². The van der Waals surface area contributed by atoms with Crippen LogP contribution in [-0.2, 0) is 0 Å². The zero-order chi connectivity index (χ0) is 13.4. The van der Waals surface area contributed by atoms with Gasteiger partial charge in [0.05, 0.1) is 29.7 Å². The standard InChI is InChI=1S/C10H9N5O2/c1-6-9(2,15(16)17)8(14)7(3-11)10(6,4-12)5-13/h6H,14H2,1-2H3/t6-,9-/m1/s1. The van der Waals surface area contributed by atoms with Crippen molar-refractivity contribution in [1.29, 1.82) is 15.8 Å². The Bertz CT molecular complexity index is 531. The van der Waals surface area contributed by atoms with Crippen LogP contribution in [0.1, 0.15) is 13.8 Å². The van der Waals surface area contributed by atoms with Crippen molar-refractivity contribution in [3.63, 3.8) is 0 Å². The molecule has 0 aromatic carbocycles. The van der Waals surface area contributed by atoms with Crippen LogP contribution in [0.15, 0.2) is 11.3 Å². The Hall–Kier alpha value is -2.59. The maximum Gasteiger partial charge on any atom is 0.264 e. The third-order valence-corrected chi connectivity index (χ3v) is 3.55. The minimum Gasteiger partial charge on any atom is -0.395 e. The van der Waals surface area contributed by atoms with Crippen LogP contribution in [0.5, 0.6) is 0 Å². The molecule has 0 aromatic rings. The molecule has 1 aliphatic rings. The summed E-state index contributed by atoms with van der Waals surface area (Å²) in [5, 5.41) is 38.2. The number of nitro groups is 1. The summed E-state index contributed by atoms with van der Waals surface area (Å²) in [5.74, 6) is -0.991. The van der Waals surface area contributed by atoms with Crippen LogP contribution in [-0.4, -0.2) is 10.5 Å². The van der Waals surface area contributed by atoms with E-state index in [9.17, 15) is 10.1 Å². The highest BCUT2D eigenvalue weighted by molar-refractivity contribution is 5.53. The topological polar surface area (TPSA) is 141 Å². The molecule has 1 aliphatic carbocycles. The highest BCUT2D eigenvalue weighted by atomic mass is 16.6. The predicted molar refractivity (Wildman–Crippen MR) is 55.0 cm³/mol. The van der Waals surface area contributed by atoms with Gasteiger partial charge in [-0.2, -0.15) is 15.8 Å². The van der Waals surface area contributed by atoms with Crippen molar-refractivity contribution < 1.29 is 4.92 Å². The number of hydrogen-bond donors (Lipinski definition) is 1. The Morgan fingerprint density at radius 1 is 1.41 bits per heavy atom. The molecular weight excluding hydrogens is 222 g/mol. The molecular formula is C10H9N5O2. The summed E-state index contributed by atoms with van der Waals surface area (Å²) >= 11 is 0. The molecule has 0 bridgehead atoms. The second-order valence-corrected chi connectivity index (χ2v) is 4.06. The Morgan fingerprint density at radius 3 is 2.12 bits per heavy atom. The van der Waals surface area contributed by atoms with Crippen LogP contribution in [0.3, 0.4) is 0 Å². The van der Waals surface area contributed by atoms with Crippen molar-refractivity contribution in [2.45, 2.75) is 19.4 Å². The summed E-state index contributed by atoms with van der Waals surface area (Å²) in [5.41, 5.74) is 1.37. The first-order valence-electron chi connectivity index (χ1n) is 4.70. The number of nitrogens with two attached hydrogens (primary N) is 1. The fraction of sp³-hybridized carbons (Fsp3) is 0.500. The van der Waals surface area contributed by atoms with Gasteiger partial charge in [0.2, 0.25) is 0 Å². The van der Waals surface area contributed by atoms with Crippen LogP contribution < -0.4 is 5.73 Å². The van der Waals surface area contributed by atoms with Gasteiger partial charge in [0, 0.05) is 11.8 Å². The molecule has 7 nitrogen and oxygen atoms in total. The molecule has 2 N–H and O–H groups in total. The van der Waals surface area contributed by atoms with E-state index < -0.39 is 21.8 Å². The predicted octanol–water partition coefficient (Wildman–Crippen LogP) is 0.441. The van der Waals surface area contributed by atoms with Crippen molar-refractivity contribution in [2.24, 2.45) is 17.1 Å². The van der Waals surface area contributed by atoms with Gasteiger partial charge < -0.3 is 5.73 Å². The van der Waals surface area contributed by atoms with Crippen molar-refractivity contribution in [3.8, 4) is 18.2 Å². The molecule has 1 rings (SSSR count). The van der Waals surface area contributed by atoms with Crippen LogP contribution in [0, 0.1) is 55.4 Å². The van der Waals surface area contributed by atoms with Gasteiger partial charge in [-0.15, -0.1) is 0 Å². The molecule has 0 aromatic heterocycles. The molecule has 0 unspecified atom stereocenters. The highest BCUT2D eigenvalue weighted by Crippen LogP contribution is 2.51. The third-order valence-electron chi connectivity index (χ3n) is 3.55. The van der Waals surface area contributed by atoms with Crippen molar-refractivity contribution in [3.05, 3.63) is 21.4 Å². The van der Waals surface area contributed by atoms with Crippen LogP contribution >= 0.6 is 0 Å². The van der Waals surface area contributed by atoms with E-state index in [0.29, 0.717) is 0 Å². The average molecular weight is 231 g/mol. The summed E-state index contributed by atoms with van der Waals surface area (Å²) < 4.78 is 0. The van der Waals surface area contributed by atoms with Gasteiger partial charge in [-0.25, -0.2) is 0 Å². The van der Waals surface area contributed by atoms with Gasteiger partial charge in [0.15, 0.2) is 5.41 Å². The lowest BCUT2D eigenvalue weighted by Gasteiger charge is -2.25. The summed E-state index contributed by atoms with van der Waals surface area (Å²) in [4.78, 5) is 10.4. The largest absolute Gasteiger partial charge is 0.395 e. The summed E-state index contributed by atoms with van der Waals surface area (Å²) in [6, 6.07) is 5.04. The Morgan fingerprint density at radius 2 is 1.88 bits per heavy atom. The molecule has 0 saturated heterocycles. The molecule has 0 radical (unpaired) electrons. The first-order valence-corrected chi connectivity index (χ1v) is 4.70. The van der Waals surface area contributed by atoms with Gasteiger partial charge in [-0.05, 0) is 0 Å². The fourth-order valence-corrected chi connectivity index (χ4v) is 2.07. The van der Waals surface area contributed by atoms with Crippen molar-refractivity contribution >= 4 is 0 Å². The summed E-state index contributed by atoms with van der Waals surface area (Å²) in [6.07, 6.45) is 0. The Labute approximate surface area is 97.5 Å². The van der Waals surface area contributed by atoms with E-state index in [4.69, 9.17) is 21.5 Å². The smallest absolute Gasteiger partial charge is 0.264 e. The lowest BCUT2D eigenvalue weighted by atomic mass is 9.73. The second-order valence-electron chi connectivity index (χ2n) is 4.06. The SMILES string of the molecule is C[C@H]1C(C#N)(C#N)C(C#N)=C(N)[C@]1(C)[N+](=O)[O-]. The minimum absolute atomic E-state index is 0.305. The van der Waals surface area contributed by atoms with E-state index in [1.807, 2.05) is 0 Å². The van der Waals surface area contributed by atoms with Crippen LogP contribution in [0.25, 0.3) is 0 Å². The van der Waals surface area contributed by atoms with Gasteiger partial charge in [-0.3, -0.25) is 10.1 Å². The first-order chi connectivity index (χ1) is 7.82. The first kappa shape index (κ1) is 12.5. The average Bonchev–Trinajstić information content (AvgIpc) is 2.48. The number of allylic oxidation sites excluding steroid dienone is 1. The Balaban J connectivity index is 3.70. The van der Waals surface area contributed by atoms with Gasteiger partial charge in [0.25, 0.3) is 5.54 Å². The quantitative estimate of drug-likeness (QED) is 0.512. The van der Waals surface area contributed by atoms with E-state index in [1.165, 1.54) is 13.8 Å². The lowest BCUT2D eigenvalue weighted by molar-refractivity contribution is -0.563. The lowest BCUT2D eigenvalue weighted by Crippen LogP contribution is -2.46. The molecule has 17 heavy (non-hydrogen) atoms. The summed E-state index contributed by atoms with van der Waals surface area (Å²) in [6.45, 7) is 2.60. The normalized spacial score (nSPS) is 30.2. The molecule has 0 fully saturated rings. The van der Waals surface area contributed by atoms with Crippen molar-refractivity contribution in [1.82, 2.24) is 0 Å². The monoisotopic (exact) mass is 231 g/mol. The van der Waals surface area contributed by atoms with E-state index in [2.05, 4.69) is 0 Å². The Kier molecular flexibility index (Phi) is 2.54. The third kappa shape index (κ3) is 1.12. The molecule has 86 valence electrons. The molecule has 2 atom stereocenters. The molecule has 0 amide bonds. The van der Waals surface area contributed by atoms with E-state index >= 15 is 0 Å². The zero-order valence-electron chi connectivity index (χ0n) is 9.26. The number of nitriles is 3. The van der Waals surface area contributed by atoms with Gasteiger partial charge >= 0.3 is 0 Å². The van der Waals surface area contributed by atoms with Gasteiger partial charge in [0.1, 0.15) is 5.70 Å². The van der Waals surface area contributed by atoms with Crippen molar-refractivity contribution in [2.75, 3.05) is 0 Å². The van der Waals surface area contributed by atoms with Crippen LogP contribution in [0.4, 0.5) is 0 Å². The molecule has 0 spiro atoms. The zero-order valence-corrected chi connectivity index (χ0v) is 9.26. The summed E-state index contributed by atoms with van der Waals surface area (Å²) in [7, 11) is 0. The molecule has 0 saturated carbocycles. The van der Waals surface area contributed by atoms with Crippen LogP contribution in [0.2, 0.25) is 0 Å². The molecule has 7 heteroatoms. The van der Waals surface area contributed by atoms with E-state index in [-0.39, 0.29) is 11.3 Å². The second kappa shape index (κ2) is 3.47. The minimum atomic E-state index is -1.85. The number of nitrogens with zero attached hydrogens (tertiary/aromatic N) is 4.